The summed E-state index contributed by atoms with van der Waals surface area (Å²) >= 11 is 1.48. The van der Waals surface area contributed by atoms with Gasteiger partial charge in [0.2, 0.25) is 10.0 Å². The predicted molar refractivity (Wildman–Crippen MR) is 90.4 cm³/mol. The summed E-state index contributed by atoms with van der Waals surface area (Å²) in [6.07, 6.45) is 0.335. The van der Waals surface area contributed by atoms with Crippen LogP contribution in [0.15, 0.2) is 23.1 Å². The maximum atomic E-state index is 13.1. The molecule has 0 bridgehead atoms. The number of aliphatic carboxylic acids is 1. The fourth-order valence-electron chi connectivity index (χ4n) is 3.10. The van der Waals surface area contributed by atoms with Crippen LogP contribution < -0.4 is 0 Å². The highest BCUT2D eigenvalue weighted by molar-refractivity contribution is 7.89. The van der Waals surface area contributed by atoms with Gasteiger partial charge in [-0.2, -0.15) is 4.31 Å². The van der Waals surface area contributed by atoms with E-state index in [1.807, 2.05) is 32.0 Å². The Morgan fingerprint density at radius 1 is 1.35 bits per heavy atom. The van der Waals surface area contributed by atoms with Crippen molar-refractivity contribution in [1.29, 1.82) is 0 Å². The summed E-state index contributed by atoms with van der Waals surface area (Å²) < 4.78 is 28.5. The summed E-state index contributed by atoms with van der Waals surface area (Å²) in [5.74, 6) is -0.946. The van der Waals surface area contributed by atoms with Crippen molar-refractivity contribution in [2.75, 3.05) is 13.1 Å². The van der Waals surface area contributed by atoms with Crippen molar-refractivity contribution < 1.29 is 18.3 Å². The van der Waals surface area contributed by atoms with Gasteiger partial charge in [-0.3, -0.25) is 4.79 Å². The fourth-order valence-corrected chi connectivity index (χ4v) is 6.48. The zero-order valence-electron chi connectivity index (χ0n) is 13.3. The monoisotopic (exact) mass is 353 g/mol. The first-order chi connectivity index (χ1) is 10.7. The van der Waals surface area contributed by atoms with Crippen molar-refractivity contribution in [3.8, 4) is 0 Å². The molecule has 1 aliphatic heterocycles. The van der Waals surface area contributed by atoms with E-state index in [1.165, 1.54) is 15.6 Å². The molecule has 1 aromatic heterocycles. The zero-order chi connectivity index (χ0) is 17.0. The number of nitrogens with zero attached hydrogens (tertiary/aromatic N) is 1. The quantitative estimate of drug-likeness (QED) is 0.920. The van der Waals surface area contributed by atoms with Crippen LogP contribution in [0.25, 0.3) is 10.1 Å². The minimum absolute atomic E-state index is 0.0211. The van der Waals surface area contributed by atoms with E-state index in [1.54, 1.807) is 6.92 Å². The minimum Gasteiger partial charge on any atom is -0.481 e. The van der Waals surface area contributed by atoms with Gasteiger partial charge < -0.3 is 5.11 Å². The molecule has 1 N–H and O–H groups in total. The number of hydrogen-bond donors (Lipinski definition) is 1. The van der Waals surface area contributed by atoms with E-state index in [4.69, 9.17) is 0 Å². The number of sulfonamides is 1. The molecule has 2 aromatic rings. The fraction of sp³-hybridized carbons (Fsp3) is 0.438. The van der Waals surface area contributed by atoms with Gasteiger partial charge >= 0.3 is 5.97 Å². The molecule has 0 saturated carbocycles. The zero-order valence-corrected chi connectivity index (χ0v) is 14.9. The van der Waals surface area contributed by atoms with Gasteiger partial charge in [-0.15, -0.1) is 11.3 Å². The molecule has 1 aromatic carbocycles. The smallest absolute Gasteiger partial charge is 0.310 e. The second-order valence-corrected chi connectivity index (χ2v) is 9.49. The molecule has 0 radical (unpaired) electrons. The third-order valence-corrected chi connectivity index (χ3v) is 8.00. The molecule has 7 heteroatoms. The van der Waals surface area contributed by atoms with Crippen molar-refractivity contribution in [2.45, 2.75) is 32.1 Å². The third kappa shape index (κ3) is 2.47. The van der Waals surface area contributed by atoms with Crippen LogP contribution in [0.1, 0.15) is 23.8 Å². The van der Waals surface area contributed by atoms with Gasteiger partial charge in [-0.25, -0.2) is 8.42 Å². The normalized spacial score (nSPS) is 22.7. The molecule has 1 fully saturated rings. The first-order valence-electron chi connectivity index (χ1n) is 7.39. The van der Waals surface area contributed by atoms with E-state index in [-0.39, 0.29) is 13.1 Å². The number of hydrogen-bond acceptors (Lipinski definition) is 4. The molecule has 3 rings (SSSR count). The number of benzene rings is 1. The number of fused-ring (bicyclic) bond motifs is 1. The molecule has 1 unspecified atom stereocenters. The number of rotatable bonds is 3. The summed E-state index contributed by atoms with van der Waals surface area (Å²) in [4.78, 5) is 12.5. The number of thiophene rings is 1. The van der Waals surface area contributed by atoms with Crippen LogP contribution >= 0.6 is 11.3 Å². The predicted octanol–water partition coefficient (Wildman–Crippen LogP) is 3.00. The van der Waals surface area contributed by atoms with E-state index >= 15 is 0 Å². The van der Waals surface area contributed by atoms with Crippen molar-refractivity contribution in [3.63, 3.8) is 0 Å². The van der Waals surface area contributed by atoms with Crippen molar-refractivity contribution in [3.05, 3.63) is 28.6 Å². The Balaban J connectivity index is 2.10. The second kappa shape index (κ2) is 5.29. The van der Waals surface area contributed by atoms with Crippen LogP contribution in [-0.2, 0) is 14.8 Å². The molecule has 1 saturated heterocycles. The lowest BCUT2D eigenvalue weighted by Crippen LogP contribution is -2.35. The summed E-state index contributed by atoms with van der Waals surface area (Å²) in [6.45, 7) is 5.64. The van der Waals surface area contributed by atoms with Gasteiger partial charge in [0.25, 0.3) is 0 Å². The van der Waals surface area contributed by atoms with Gasteiger partial charge in [0.1, 0.15) is 4.90 Å². The lowest BCUT2D eigenvalue weighted by Gasteiger charge is -2.20. The standard InChI is InChI=1S/C16H19NO4S2/c1-10-5-4-6-12-13(10)22-11(2)14(12)23(20,21)17-8-7-16(3,9-17)15(18)19/h4-6H,7-9H2,1-3H3,(H,18,19). The second-order valence-electron chi connectivity index (χ2n) is 6.39. The molecular weight excluding hydrogens is 334 g/mol. The Morgan fingerprint density at radius 3 is 2.65 bits per heavy atom. The molecule has 5 nitrogen and oxygen atoms in total. The molecule has 124 valence electrons. The average molecular weight is 353 g/mol. The lowest BCUT2D eigenvalue weighted by molar-refractivity contribution is -0.146. The number of carboxylic acid groups (broad SMARTS) is 1. The molecule has 1 atom stereocenters. The van der Waals surface area contributed by atoms with Crippen LogP contribution in [0.5, 0.6) is 0 Å². The van der Waals surface area contributed by atoms with E-state index < -0.39 is 21.4 Å². The molecule has 2 heterocycles. The van der Waals surface area contributed by atoms with Crippen molar-refractivity contribution in [1.82, 2.24) is 4.31 Å². The highest BCUT2D eigenvalue weighted by atomic mass is 32.2. The van der Waals surface area contributed by atoms with E-state index in [0.717, 1.165) is 20.5 Å². The highest BCUT2D eigenvalue weighted by Crippen LogP contribution is 2.40. The van der Waals surface area contributed by atoms with Crippen molar-refractivity contribution >= 4 is 37.4 Å². The van der Waals surface area contributed by atoms with Gasteiger partial charge in [0.15, 0.2) is 0 Å². The first kappa shape index (κ1) is 16.4. The van der Waals surface area contributed by atoms with Crippen molar-refractivity contribution in [2.24, 2.45) is 5.41 Å². The number of carboxylic acids is 1. The molecular formula is C16H19NO4S2. The molecule has 0 aliphatic carbocycles. The van der Waals surface area contributed by atoms with Gasteiger partial charge in [0, 0.05) is 28.1 Å². The third-order valence-electron chi connectivity index (χ3n) is 4.58. The summed E-state index contributed by atoms with van der Waals surface area (Å²) in [7, 11) is -3.69. The largest absolute Gasteiger partial charge is 0.481 e. The lowest BCUT2D eigenvalue weighted by atomic mass is 9.90. The SMILES string of the molecule is Cc1sc2c(C)cccc2c1S(=O)(=O)N1CCC(C)(C(=O)O)C1. The summed E-state index contributed by atoms with van der Waals surface area (Å²) in [5, 5.41) is 10.1. The van der Waals surface area contributed by atoms with E-state index in [0.29, 0.717) is 11.3 Å². The highest BCUT2D eigenvalue weighted by Gasteiger charge is 2.45. The average Bonchev–Trinajstić information content (AvgIpc) is 3.02. The Hall–Kier alpha value is -1.44. The van der Waals surface area contributed by atoms with Gasteiger partial charge in [-0.1, -0.05) is 18.2 Å². The van der Waals surface area contributed by atoms with Gasteiger partial charge in [0.05, 0.1) is 5.41 Å². The Bertz CT molecular complexity index is 900. The minimum atomic E-state index is -3.69. The van der Waals surface area contributed by atoms with Crippen LogP contribution in [0.2, 0.25) is 0 Å². The first-order valence-corrected chi connectivity index (χ1v) is 9.65. The van der Waals surface area contributed by atoms with Crippen LogP contribution in [0.4, 0.5) is 0 Å². The Morgan fingerprint density at radius 2 is 2.04 bits per heavy atom. The topological polar surface area (TPSA) is 74.7 Å². The Kier molecular flexibility index (Phi) is 3.78. The summed E-state index contributed by atoms with van der Waals surface area (Å²) in [5.41, 5.74) is 0.0387. The Labute approximate surface area is 139 Å². The maximum absolute atomic E-state index is 13.1. The van der Waals surface area contributed by atoms with Gasteiger partial charge in [-0.05, 0) is 32.8 Å². The number of aryl methyl sites for hydroxylation is 2. The maximum Gasteiger partial charge on any atom is 0.310 e. The molecule has 0 amide bonds. The van der Waals surface area contributed by atoms with Crippen LogP contribution in [-0.4, -0.2) is 36.9 Å². The summed E-state index contributed by atoms with van der Waals surface area (Å²) in [6, 6.07) is 5.64. The van der Waals surface area contributed by atoms with E-state index in [9.17, 15) is 18.3 Å². The van der Waals surface area contributed by atoms with E-state index in [2.05, 4.69) is 0 Å². The molecule has 0 spiro atoms. The molecule has 23 heavy (non-hydrogen) atoms. The molecule has 1 aliphatic rings. The van der Waals surface area contributed by atoms with Crippen LogP contribution in [0.3, 0.4) is 0 Å². The number of carbonyl (C=O) groups is 1. The van der Waals surface area contributed by atoms with Crippen LogP contribution in [0, 0.1) is 19.3 Å².